The molecule has 3 nitrogen and oxygen atoms in total. The van der Waals surface area contributed by atoms with Gasteiger partial charge in [0.25, 0.3) is 0 Å². The van der Waals surface area contributed by atoms with Crippen LogP contribution in [0.25, 0.3) is 0 Å². The number of methoxy groups -OCH3 is 1. The smallest absolute Gasteiger partial charge is 0.337 e. The zero-order chi connectivity index (χ0) is 14.5. The lowest BCUT2D eigenvalue weighted by Crippen LogP contribution is -2.00. The minimum Gasteiger partial charge on any atom is -0.465 e. The van der Waals surface area contributed by atoms with Gasteiger partial charge in [-0.25, -0.2) is 4.79 Å². The van der Waals surface area contributed by atoms with Crippen molar-refractivity contribution >= 4 is 49.7 Å². The van der Waals surface area contributed by atoms with Gasteiger partial charge in [-0.3, -0.25) is 4.99 Å². The van der Waals surface area contributed by atoms with E-state index < -0.39 is 0 Å². The maximum atomic E-state index is 11.3. The summed E-state index contributed by atoms with van der Waals surface area (Å²) in [5.41, 5.74) is 2.27. The molecule has 0 amide bonds. The zero-order valence-electron chi connectivity index (χ0n) is 10.6. The molecule has 0 aliphatic rings. The minimum absolute atomic E-state index is 0.343. The third kappa shape index (κ3) is 3.77. The zero-order valence-corrected chi connectivity index (χ0v) is 13.8. The van der Waals surface area contributed by atoms with Crippen molar-refractivity contribution in [2.45, 2.75) is 0 Å². The molecule has 0 aliphatic heterocycles. The normalized spacial score (nSPS) is 10.8. The maximum absolute atomic E-state index is 11.3. The Morgan fingerprint density at radius 3 is 2.45 bits per heavy atom. The number of benzene rings is 2. The molecular weight excluding hydrogens is 386 g/mol. The number of nitrogens with zero attached hydrogens (tertiary/aromatic N) is 1. The Labute approximate surface area is 133 Å². The molecule has 2 aromatic carbocycles. The summed E-state index contributed by atoms with van der Waals surface area (Å²) >= 11 is 6.85. The van der Waals surface area contributed by atoms with Gasteiger partial charge in [0, 0.05) is 15.2 Å². The Hall–Kier alpha value is -1.46. The topological polar surface area (TPSA) is 38.7 Å². The van der Waals surface area contributed by atoms with Crippen molar-refractivity contribution in [3.8, 4) is 0 Å². The summed E-state index contributed by atoms with van der Waals surface area (Å²) in [6.45, 7) is 0. The van der Waals surface area contributed by atoms with Crippen LogP contribution in [0.3, 0.4) is 0 Å². The highest BCUT2D eigenvalue weighted by Crippen LogP contribution is 2.28. The predicted octanol–water partition coefficient (Wildman–Crippen LogP) is 4.75. The molecule has 20 heavy (non-hydrogen) atoms. The van der Waals surface area contributed by atoms with Gasteiger partial charge < -0.3 is 4.74 Å². The van der Waals surface area contributed by atoms with Gasteiger partial charge >= 0.3 is 5.97 Å². The second-order valence-electron chi connectivity index (χ2n) is 3.97. The van der Waals surface area contributed by atoms with Gasteiger partial charge in [-0.05, 0) is 51.8 Å². The Kier molecular flexibility index (Phi) is 5.09. The third-order valence-corrected chi connectivity index (χ3v) is 3.72. The second-order valence-corrected chi connectivity index (χ2v) is 5.74. The van der Waals surface area contributed by atoms with Crippen molar-refractivity contribution in [2.75, 3.05) is 7.11 Å². The van der Waals surface area contributed by atoms with Crippen LogP contribution in [0.4, 0.5) is 5.69 Å². The van der Waals surface area contributed by atoms with E-state index in [1.54, 1.807) is 18.3 Å². The van der Waals surface area contributed by atoms with Gasteiger partial charge in [0.05, 0.1) is 18.4 Å². The molecule has 0 unspecified atom stereocenters. The SMILES string of the molecule is COC(=O)c1ccc(C=Nc2ccc(Br)cc2Br)cc1. The number of hydrogen-bond donors (Lipinski definition) is 0. The van der Waals surface area contributed by atoms with Crippen molar-refractivity contribution in [1.82, 2.24) is 0 Å². The van der Waals surface area contributed by atoms with Gasteiger partial charge in [0.15, 0.2) is 0 Å². The van der Waals surface area contributed by atoms with Crippen molar-refractivity contribution in [2.24, 2.45) is 4.99 Å². The van der Waals surface area contributed by atoms with E-state index in [-0.39, 0.29) is 5.97 Å². The fourth-order valence-corrected chi connectivity index (χ4v) is 2.70. The fourth-order valence-electron chi connectivity index (χ4n) is 1.55. The average Bonchev–Trinajstić information content (AvgIpc) is 2.46. The Bertz CT molecular complexity index is 651. The summed E-state index contributed by atoms with van der Waals surface area (Å²) in [4.78, 5) is 15.7. The van der Waals surface area contributed by atoms with E-state index in [1.165, 1.54) is 7.11 Å². The molecule has 0 aromatic heterocycles. The molecule has 0 saturated heterocycles. The van der Waals surface area contributed by atoms with Crippen LogP contribution in [0.5, 0.6) is 0 Å². The van der Waals surface area contributed by atoms with E-state index in [9.17, 15) is 4.79 Å². The first-order valence-corrected chi connectivity index (χ1v) is 7.36. The van der Waals surface area contributed by atoms with Gasteiger partial charge in [0.1, 0.15) is 0 Å². The van der Waals surface area contributed by atoms with Crippen molar-refractivity contribution in [3.05, 3.63) is 62.5 Å². The number of halogens is 2. The summed E-state index contributed by atoms with van der Waals surface area (Å²) in [6, 6.07) is 12.8. The summed E-state index contributed by atoms with van der Waals surface area (Å²) in [6.07, 6.45) is 1.75. The van der Waals surface area contributed by atoms with E-state index in [2.05, 4.69) is 41.6 Å². The lowest BCUT2D eigenvalue weighted by molar-refractivity contribution is 0.0601. The van der Waals surface area contributed by atoms with Crippen LogP contribution in [0.2, 0.25) is 0 Å². The molecule has 5 heteroatoms. The van der Waals surface area contributed by atoms with E-state index in [0.717, 1.165) is 20.2 Å². The maximum Gasteiger partial charge on any atom is 0.337 e. The fraction of sp³-hybridized carbons (Fsp3) is 0.0667. The van der Waals surface area contributed by atoms with Gasteiger partial charge in [-0.15, -0.1) is 0 Å². The lowest BCUT2D eigenvalue weighted by atomic mass is 10.1. The van der Waals surface area contributed by atoms with Crippen LogP contribution in [0.1, 0.15) is 15.9 Å². The van der Waals surface area contributed by atoms with Gasteiger partial charge in [-0.1, -0.05) is 28.1 Å². The first-order valence-electron chi connectivity index (χ1n) is 5.77. The molecule has 2 rings (SSSR count). The largest absolute Gasteiger partial charge is 0.465 e. The van der Waals surface area contributed by atoms with Crippen molar-refractivity contribution in [1.29, 1.82) is 0 Å². The highest BCUT2D eigenvalue weighted by Gasteiger charge is 2.03. The molecule has 0 heterocycles. The summed E-state index contributed by atoms with van der Waals surface area (Å²) in [5, 5.41) is 0. The summed E-state index contributed by atoms with van der Waals surface area (Å²) < 4.78 is 6.55. The molecule has 0 saturated carbocycles. The number of carbonyl (C=O) groups is 1. The van der Waals surface area contributed by atoms with E-state index >= 15 is 0 Å². The number of hydrogen-bond acceptors (Lipinski definition) is 3. The van der Waals surface area contributed by atoms with Crippen molar-refractivity contribution < 1.29 is 9.53 Å². The molecule has 0 N–H and O–H groups in total. The second kappa shape index (κ2) is 6.81. The Morgan fingerprint density at radius 2 is 1.85 bits per heavy atom. The molecule has 2 aromatic rings. The number of aliphatic imine (C=N–C) groups is 1. The molecule has 102 valence electrons. The van der Waals surface area contributed by atoms with Crippen LogP contribution in [0.15, 0.2) is 56.4 Å². The standard InChI is InChI=1S/C15H11Br2NO2/c1-20-15(19)11-4-2-10(3-5-11)9-18-14-7-6-12(16)8-13(14)17/h2-9H,1H3. The van der Waals surface area contributed by atoms with Crippen LogP contribution in [-0.2, 0) is 4.74 Å². The quantitative estimate of drug-likeness (QED) is 0.554. The van der Waals surface area contributed by atoms with Gasteiger partial charge in [0.2, 0.25) is 0 Å². The third-order valence-electron chi connectivity index (χ3n) is 2.59. The van der Waals surface area contributed by atoms with E-state index in [1.807, 2.05) is 30.3 Å². The number of esters is 1. The molecular formula is C15H11Br2NO2. The first-order chi connectivity index (χ1) is 9.60. The van der Waals surface area contributed by atoms with E-state index in [4.69, 9.17) is 0 Å². The molecule has 0 spiro atoms. The molecule has 0 radical (unpaired) electrons. The van der Waals surface area contributed by atoms with Crippen LogP contribution >= 0.6 is 31.9 Å². The van der Waals surface area contributed by atoms with Crippen LogP contribution in [0, 0.1) is 0 Å². The predicted molar refractivity (Wildman–Crippen MR) is 86.9 cm³/mol. The average molecular weight is 397 g/mol. The first kappa shape index (κ1) is 14.9. The highest BCUT2D eigenvalue weighted by molar-refractivity contribution is 9.11. The summed E-state index contributed by atoms with van der Waals surface area (Å²) in [5.74, 6) is -0.343. The number of rotatable bonds is 3. The van der Waals surface area contributed by atoms with Crippen LogP contribution < -0.4 is 0 Å². The Morgan fingerprint density at radius 1 is 1.15 bits per heavy atom. The monoisotopic (exact) mass is 395 g/mol. The van der Waals surface area contributed by atoms with Crippen LogP contribution in [-0.4, -0.2) is 19.3 Å². The van der Waals surface area contributed by atoms with Gasteiger partial charge in [-0.2, -0.15) is 0 Å². The molecule has 0 fully saturated rings. The highest BCUT2D eigenvalue weighted by atomic mass is 79.9. The number of carbonyl (C=O) groups excluding carboxylic acids is 1. The van der Waals surface area contributed by atoms with Crippen molar-refractivity contribution in [3.63, 3.8) is 0 Å². The molecule has 0 bridgehead atoms. The van der Waals surface area contributed by atoms with E-state index in [0.29, 0.717) is 5.56 Å². The molecule has 0 aliphatic carbocycles. The molecule has 0 atom stereocenters. The number of ether oxygens (including phenoxy) is 1. The minimum atomic E-state index is -0.343. The summed E-state index contributed by atoms with van der Waals surface area (Å²) in [7, 11) is 1.36. The Balaban J connectivity index is 2.17. The lowest BCUT2D eigenvalue weighted by Gasteiger charge is -2.00.